The highest BCUT2D eigenvalue weighted by molar-refractivity contribution is 6.30. The molecule has 3 amide bonds. The molecule has 1 N–H and O–H groups in total. The maximum absolute atomic E-state index is 13.1. The number of fused-ring (bicyclic) bond motifs is 1. The number of amides is 3. The van der Waals surface area contributed by atoms with E-state index in [1.54, 1.807) is 12.1 Å². The number of urea groups is 1. The lowest BCUT2D eigenvalue weighted by atomic mass is 9.73. The van der Waals surface area contributed by atoms with Gasteiger partial charge in [0, 0.05) is 16.1 Å². The molecule has 25 heavy (non-hydrogen) atoms. The first-order valence-corrected chi connectivity index (χ1v) is 9.05. The maximum atomic E-state index is 13.1. The van der Waals surface area contributed by atoms with Crippen LogP contribution in [0.15, 0.2) is 12.1 Å². The summed E-state index contributed by atoms with van der Waals surface area (Å²) in [6.07, 6.45) is 3.71. The molecule has 1 aromatic carbocycles. The third-order valence-electron chi connectivity index (χ3n) is 5.58. The summed E-state index contributed by atoms with van der Waals surface area (Å²) in [7, 11) is 0. The molecule has 1 saturated heterocycles. The summed E-state index contributed by atoms with van der Waals surface area (Å²) in [5.41, 5.74) is 0.814. The molecule has 134 valence electrons. The van der Waals surface area contributed by atoms with E-state index < -0.39 is 5.54 Å². The molecule has 7 heteroatoms. The van der Waals surface area contributed by atoms with Crippen LogP contribution in [0.5, 0.6) is 5.75 Å². The molecule has 6 nitrogen and oxygen atoms in total. The van der Waals surface area contributed by atoms with Gasteiger partial charge in [-0.2, -0.15) is 0 Å². The first-order valence-electron chi connectivity index (χ1n) is 8.67. The number of ether oxygens (including phenoxy) is 2. The molecule has 0 aromatic heterocycles. The molecule has 1 saturated carbocycles. The molecule has 0 radical (unpaired) electrons. The summed E-state index contributed by atoms with van der Waals surface area (Å²) in [4.78, 5) is 27.0. The van der Waals surface area contributed by atoms with Crippen LogP contribution in [0.1, 0.15) is 43.7 Å². The standard InChI is InChI=1S/C18H21ClN2O4/c1-11-4-2-3-5-18(11)16(22)21(17(23)20-18)8-12-6-14(19)7-13-9-24-10-25-15(12)13/h6-7,11H,2-5,8-10H2,1H3,(H,20,23)/t11-,18+/m0/s1. The van der Waals surface area contributed by atoms with Crippen molar-refractivity contribution in [2.45, 2.75) is 51.3 Å². The van der Waals surface area contributed by atoms with Gasteiger partial charge in [0.2, 0.25) is 0 Å². The van der Waals surface area contributed by atoms with E-state index in [1.165, 1.54) is 4.90 Å². The lowest BCUT2D eigenvalue weighted by Crippen LogP contribution is -2.53. The molecule has 0 bridgehead atoms. The molecule has 2 heterocycles. The Morgan fingerprint density at radius 1 is 1.36 bits per heavy atom. The van der Waals surface area contributed by atoms with E-state index in [9.17, 15) is 9.59 Å². The van der Waals surface area contributed by atoms with Crippen molar-refractivity contribution in [2.24, 2.45) is 5.92 Å². The molecule has 3 aliphatic rings. The topological polar surface area (TPSA) is 67.9 Å². The van der Waals surface area contributed by atoms with Crippen LogP contribution in [-0.2, 0) is 22.7 Å². The van der Waals surface area contributed by atoms with E-state index >= 15 is 0 Å². The number of hydrogen-bond acceptors (Lipinski definition) is 4. The number of halogens is 1. The molecule has 1 aromatic rings. The van der Waals surface area contributed by atoms with Crippen LogP contribution < -0.4 is 10.1 Å². The summed E-state index contributed by atoms with van der Waals surface area (Å²) < 4.78 is 10.9. The van der Waals surface area contributed by atoms with Gasteiger partial charge in [0.25, 0.3) is 5.91 Å². The van der Waals surface area contributed by atoms with Gasteiger partial charge in [-0.15, -0.1) is 0 Å². The van der Waals surface area contributed by atoms with Crippen LogP contribution >= 0.6 is 11.6 Å². The zero-order valence-electron chi connectivity index (χ0n) is 14.1. The van der Waals surface area contributed by atoms with Gasteiger partial charge in [-0.3, -0.25) is 9.69 Å². The number of benzene rings is 1. The SMILES string of the molecule is C[C@H]1CCCC[C@@]12NC(=O)N(Cc1cc(Cl)cc3c1OCOC3)C2=O. The molecule has 2 fully saturated rings. The van der Waals surface area contributed by atoms with Gasteiger partial charge in [0.15, 0.2) is 6.79 Å². The van der Waals surface area contributed by atoms with Crippen molar-refractivity contribution in [3.05, 3.63) is 28.3 Å². The molecule has 1 aliphatic carbocycles. The maximum Gasteiger partial charge on any atom is 0.325 e. The Bertz CT molecular complexity index is 738. The fraction of sp³-hybridized carbons (Fsp3) is 0.556. The van der Waals surface area contributed by atoms with Gasteiger partial charge in [-0.1, -0.05) is 31.4 Å². The third-order valence-corrected chi connectivity index (χ3v) is 5.80. The number of carbonyl (C=O) groups excluding carboxylic acids is 2. The second-order valence-corrected chi connectivity index (χ2v) is 7.54. The van der Waals surface area contributed by atoms with E-state index in [0.29, 0.717) is 23.8 Å². The highest BCUT2D eigenvalue weighted by Gasteiger charge is 2.54. The van der Waals surface area contributed by atoms with Crippen LogP contribution in [0.2, 0.25) is 5.02 Å². The number of rotatable bonds is 2. The second kappa shape index (κ2) is 6.18. The van der Waals surface area contributed by atoms with Crippen molar-refractivity contribution < 1.29 is 19.1 Å². The van der Waals surface area contributed by atoms with E-state index in [1.807, 2.05) is 6.92 Å². The number of nitrogens with zero attached hydrogens (tertiary/aromatic N) is 1. The highest BCUT2D eigenvalue weighted by Crippen LogP contribution is 2.40. The minimum absolute atomic E-state index is 0.134. The fourth-order valence-electron chi connectivity index (χ4n) is 4.18. The van der Waals surface area contributed by atoms with Crippen LogP contribution in [-0.4, -0.2) is 29.2 Å². The second-order valence-electron chi connectivity index (χ2n) is 7.10. The largest absolute Gasteiger partial charge is 0.467 e. The smallest absolute Gasteiger partial charge is 0.325 e. The average Bonchev–Trinajstić information content (AvgIpc) is 2.82. The van der Waals surface area contributed by atoms with Crippen molar-refractivity contribution in [2.75, 3.05) is 6.79 Å². The van der Waals surface area contributed by atoms with Crippen LogP contribution in [0, 0.1) is 5.92 Å². The van der Waals surface area contributed by atoms with Crippen molar-refractivity contribution in [3.8, 4) is 5.75 Å². The molecule has 4 rings (SSSR count). The summed E-state index contributed by atoms with van der Waals surface area (Å²) in [6, 6.07) is 3.21. The lowest BCUT2D eigenvalue weighted by Gasteiger charge is -2.36. The summed E-state index contributed by atoms with van der Waals surface area (Å²) >= 11 is 6.19. The highest BCUT2D eigenvalue weighted by atomic mass is 35.5. The quantitative estimate of drug-likeness (QED) is 0.818. The average molecular weight is 365 g/mol. The van der Waals surface area contributed by atoms with Gasteiger partial charge in [0.1, 0.15) is 11.3 Å². The van der Waals surface area contributed by atoms with Crippen LogP contribution in [0.4, 0.5) is 4.79 Å². The summed E-state index contributed by atoms with van der Waals surface area (Å²) in [5.74, 6) is 0.667. The van der Waals surface area contributed by atoms with Crippen molar-refractivity contribution in [3.63, 3.8) is 0 Å². The first kappa shape index (κ1) is 16.7. The molecule has 2 aliphatic heterocycles. The van der Waals surface area contributed by atoms with E-state index in [2.05, 4.69) is 5.32 Å². The number of carbonyl (C=O) groups is 2. The Morgan fingerprint density at radius 3 is 3.00 bits per heavy atom. The normalized spacial score (nSPS) is 28.7. The van der Waals surface area contributed by atoms with Crippen LogP contribution in [0.3, 0.4) is 0 Å². The molecular formula is C18H21ClN2O4. The monoisotopic (exact) mass is 364 g/mol. The molecule has 1 spiro atoms. The van der Waals surface area contributed by atoms with Crippen molar-refractivity contribution in [1.82, 2.24) is 10.2 Å². The Labute approximate surface area is 151 Å². The van der Waals surface area contributed by atoms with Gasteiger partial charge in [-0.05, 0) is 30.9 Å². The predicted octanol–water partition coefficient (Wildman–Crippen LogP) is 3.21. The van der Waals surface area contributed by atoms with Crippen molar-refractivity contribution in [1.29, 1.82) is 0 Å². The Hall–Kier alpha value is -1.79. The molecule has 2 atom stereocenters. The van der Waals surface area contributed by atoms with E-state index in [0.717, 1.165) is 30.4 Å². The van der Waals surface area contributed by atoms with Gasteiger partial charge < -0.3 is 14.8 Å². The summed E-state index contributed by atoms with van der Waals surface area (Å²) in [5, 5.41) is 3.51. The van der Waals surface area contributed by atoms with Crippen LogP contribution in [0.25, 0.3) is 0 Å². The van der Waals surface area contributed by atoms with Gasteiger partial charge in [0.05, 0.1) is 13.2 Å². The zero-order valence-corrected chi connectivity index (χ0v) is 14.9. The van der Waals surface area contributed by atoms with Gasteiger partial charge in [-0.25, -0.2) is 4.79 Å². The third kappa shape index (κ3) is 2.68. The number of nitrogens with one attached hydrogen (secondary N) is 1. The Kier molecular flexibility index (Phi) is 4.12. The Morgan fingerprint density at radius 2 is 2.20 bits per heavy atom. The molecular weight excluding hydrogens is 344 g/mol. The fourth-order valence-corrected chi connectivity index (χ4v) is 4.45. The van der Waals surface area contributed by atoms with E-state index in [4.69, 9.17) is 21.1 Å². The van der Waals surface area contributed by atoms with E-state index in [-0.39, 0.29) is 31.2 Å². The molecule has 0 unspecified atom stereocenters. The minimum atomic E-state index is -0.752. The first-order chi connectivity index (χ1) is 12.0. The lowest BCUT2D eigenvalue weighted by molar-refractivity contribution is -0.134. The minimum Gasteiger partial charge on any atom is -0.467 e. The Balaban J connectivity index is 1.64. The predicted molar refractivity (Wildman–Crippen MR) is 91.2 cm³/mol. The number of imide groups is 1. The number of hydrogen-bond donors (Lipinski definition) is 1. The zero-order chi connectivity index (χ0) is 17.6. The summed E-state index contributed by atoms with van der Waals surface area (Å²) in [6.45, 7) is 2.76. The van der Waals surface area contributed by atoms with Gasteiger partial charge >= 0.3 is 6.03 Å². The van der Waals surface area contributed by atoms with Crippen molar-refractivity contribution >= 4 is 23.5 Å².